The Labute approximate surface area is 158 Å². The van der Waals surface area contributed by atoms with E-state index in [0.717, 1.165) is 11.3 Å². The number of anilines is 1. The van der Waals surface area contributed by atoms with Crippen molar-refractivity contribution in [2.45, 2.75) is 0 Å². The zero-order valence-electron chi connectivity index (χ0n) is 15.1. The molecule has 0 aromatic heterocycles. The number of nitrogens with zero attached hydrogens (tertiary/aromatic N) is 3. The number of hydrogen-bond acceptors (Lipinski definition) is 4. The van der Waals surface area contributed by atoms with Crippen molar-refractivity contribution in [1.29, 1.82) is 10.5 Å². The fraction of sp³-hybridized carbons (Fsp3) is 0.0870. The number of benzene rings is 2. The first kappa shape index (κ1) is 17.9. The van der Waals surface area contributed by atoms with Gasteiger partial charge in [-0.3, -0.25) is 4.79 Å². The van der Waals surface area contributed by atoms with Crippen LogP contribution in [0.4, 0.5) is 5.69 Å². The molecule has 0 aliphatic heterocycles. The summed E-state index contributed by atoms with van der Waals surface area (Å²) >= 11 is 0. The minimum atomic E-state index is -0.170. The van der Waals surface area contributed by atoms with Crippen LogP contribution in [0.2, 0.25) is 0 Å². The molecule has 3 rings (SSSR count). The summed E-state index contributed by atoms with van der Waals surface area (Å²) in [6, 6.07) is 18.9. The van der Waals surface area contributed by atoms with E-state index in [2.05, 4.69) is 0 Å². The molecule has 0 fully saturated rings. The van der Waals surface area contributed by atoms with E-state index in [1.807, 2.05) is 61.5 Å². The zero-order valence-corrected chi connectivity index (χ0v) is 15.1. The van der Waals surface area contributed by atoms with E-state index in [1.165, 1.54) is 0 Å². The second-order valence-electron chi connectivity index (χ2n) is 6.27. The molecule has 27 heavy (non-hydrogen) atoms. The molecule has 0 unspecified atom stereocenters. The molecule has 4 nitrogen and oxygen atoms in total. The predicted molar refractivity (Wildman–Crippen MR) is 107 cm³/mol. The number of carbonyl (C=O) groups is 1. The van der Waals surface area contributed by atoms with Gasteiger partial charge in [0.2, 0.25) is 0 Å². The lowest BCUT2D eigenvalue weighted by atomic mass is 9.99. The summed E-state index contributed by atoms with van der Waals surface area (Å²) in [4.78, 5) is 14.8. The lowest BCUT2D eigenvalue weighted by molar-refractivity contribution is 0.104. The molecule has 130 valence electrons. The molecule has 1 aliphatic carbocycles. The maximum absolute atomic E-state index is 12.7. The maximum Gasteiger partial charge on any atom is 0.194 e. The minimum absolute atomic E-state index is 0.0525. The lowest BCUT2D eigenvalue weighted by Crippen LogP contribution is -2.07. The third-order valence-corrected chi connectivity index (χ3v) is 4.39. The van der Waals surface area contributed by atoms with Gasteiger partial charge in [0.05, 0.1) is 0 Å². The molecule has 0 saturated heterocycles. The Balaban J connectivity index is 2.00. The Morgan fingerprint density at radius 1 is 0.963 bits per heavy atom. The average Bonchev–Trinajstić information content (AvgIpc) is 2.96. The summed E-state index contributed by atoms with van der Waals surface area (Å²) < 4.78 is 0. The molecule has 0 heterocycles. The smallest absolute Gasteiger partial charge is 0.194 e. The molecular weight excluding hydrogens is 334 g/mol. The minimum Gasteiger partial charge on any atom is -0.378 e. The number of allylic oxidation sites excluding steroid dienone is 5. The van der Waals surface area contributed by atoms with Crippen molar-refractivity contribution in [2.24, 2.45) is 0 Å². The number of rotatable bonds is 3. The fourth-order valence-electron chi connectivity index (χ4n) is 3.01. The quantitative estimate of drug-likeness (QED) is 0.607. The molecule has 0 amide bonds. The van der Waals surface area contributed by atoms with Crippen LogP contribution in [0.3, 0.4) is 0 Å². The standard InChI is InChI=1S/C23H17N3O/c1-26(2)18-12-10-16(11-13-18)6-5-9-21-22(17(14-24)15-25)19-7-3-4-8-20(19)23(21)27/h3-13H,1-2H3/b6-5+,21-9+. The van der Waals surface area contributed by atoms with E-state index in [1.54, 1.807) is 36.4 Å². The first-order valence-electron chi connectivity index (χ1n) is 8.41. The van der Waals surface area contributed by atoms with E-state index < -0.39 is 0 Å². The van der Waals surface area contributed by atoms with E-state index in [0.29, 0.717) is 22.3 Å². The third-order valence-electron chi connectivity index (χ3n) is 4.39. The van der Waals surface area contributed by atoms with Crippen molar-refractivity contribution >= 4 is 23.1 Å². The number of ketones is 1. The predicted octanol–water partition coefficient (Wildman–Crippen LogP) is 4.39. The largest absolute Gasteiger partial charge is 0.378 e. The van der Waals surface area contributed by atoms with Crippen molar-refractivity contribution in [3.8, 4) is 12.1 Å². The van der Waals surface area contributed by atoms with Crippen LogP contribution in [-0.2, 0) is 0 Å². The highest BCUT2D eigenvalue weighted by Gasteiger charge is 2.31. The molecule has 4 heteroatoms. The molecule has 0 saturated carbocycles. The highest BCUT2D eigenvalue weighted by Crippen LogP contribution is 2.38. The third kappa shape index (κ3) is 3.42. The van der Waals surface area contributed by atoms with Crippen LogP contribution < -0.4 is 4.90 Å². The molecule has 2 aromatic carbocycles. The van der Waals surface area contributed by atoms with Gasteiger partial charge in [0.15, 0.2) is 5.78 Å². The van der Waals surface area contributed by atoms with Gasteiger partial charge >= 0.3 is 0 Å². The van der Waals surface area contributed by atoms with E-state index >= 15 is 0 Å². The number of hydrogen-bond donors (Lipinski definition) is 0. The van der Waals surface area contributed by atoms with Gasteiger partial charge in [-0.2, -0.15) is 10.5 Å². The van der Waals surface area contributed by atoms with E-state index in [4.69, 9.17) is 0 Å². The van der Waals surface area contributed by atoms with Crippen LogP contribution in [0, 0.1) is 22.7 Å². The Bertz CT molecular complexity index is 1060. The topological polar surface area (TPSA) is 67.9 Å². The van der Waals surface area contributed by atoms with Crippen molar-refractivity contribution in [1.82, 2.24) is 0 Å². The van der Waals surface area contributed by atoms with E-state index in [-0.39, 0.29) is 11.4 Å². The van der Waals surface area contributed by atoms with Crippen molar-refractivity contribution in [3.63, 3.8) is 0 Å². The van der Waals surface area contributed by atoms with Gasteiger partial charge in [0.25, 0.3) is 0 Å². The fourth-order valence-corrected chi connectivity index (χ4v) is 3.01. The van der Waals surface area contributed by atoms with Crippen LogP contribution >= 0.6 is 0 Å². The summed E-state index contributed by atoms with van der Waals surface area (Å²) in [5.41, 5.74) is 3.98. The Kier molecular flexibility index (Phi) is 5.01. The maximum atomic E-state index is 12.7. The normalized spacial score (nSPS) is 14.1. The first-order valence-corrected chi connectivity index (χ1v) is 8.41. The van der Waals surface area contributed by atoms with Crippen molar-refractivity contribution in [3.05, 3.63) is 88.5 Å². The summed E-state index contributed by atoms with van der Waals surface area (Å²) in [7, 11) is 3.96. The van der Waals surface area contributed by atoms with Crippen molar-refractivity contribution in [2.75, 3.05) is 19.0 Å². The number of nitriles is 2. The molecule has 2 aromatic rings. The average molecular weight is 351 g/mol. The van der Waals surface area contributed by atoms with Gasteiger partial charge in [-0.15, -0.1) is 0 Å². The SMILES string of the molecule is CN(C)c1ccc(/C=C/C=C2/C(=O)c3ccccc3C2=C(C#N)C#N)cc1. The van der Waals surface area contributed by atoms with Gasteiger partial charge in [-0.1, -0.05) is 54.6 Å². The van der Waals surface area contributed by atoms with Gasteiger partial charge in [0.1, 0.15) is 17.7 Å². The van der Waals surface area contributed by atoms with Crippen LogP contribution in [0.15, 0.2) is 71.8 Å². The lowest BCUT2D eigenvalue weighted by Gasteiger charge is -2.11. The summed E-state index contributed by atoms with van der Waals surface area (Å²) in [6.07, 6.45) is 5.33. The monoisotopic (exact) mass is 351 g/mol. The van der Waals surface area contributed by atoms with E-state index in [9.17, 15) is 15.3 Å². The molecular formula is C23H17N3O. The zero-order chi connectivity index (χ0) is 19.4. The second kappa shape index (κ2) is 7.56. The first-order chi connectivity index (χ1) is 13.1. The molecule has 0 spiro atoms. The van der Waals surface area contributed by atoms with Gasteiger partial charge < -0.3 is 4.90 Å². The van der Waals surface area contributed by atoms with Gasteiger partial charge in [-0.05, 0) is 23.3 Å². The molecule has 0 N–H and O–H groups in total. The number of Topliss-reactive ketones (excluding diaryl/α,β-unsaturated/α-hetero) is 1. The number of carbonyl (C=O) groups excluding carboxylic acids is 1. The van der Waals surface area contributed by atoms with Crippen LogP contribution in [0.1, 0.15) is 21.5 Å². The van der Waals surface area contributed by atoms with Gasteiger partial charge in [0, 0.05) is 36.5 Å². The van der Waals surface area contributed by atoms with Crippen LogP contribution in [-0.4, -0.2) is 19.9 Å². The Morgan fingerprint density at radius 2 is 1.59 bits per heavy atom. The highest BCUT2D eigenvalue weighted by molar-refractivity contribution is 6.27. The van der Waals surface area contributed by atoms with Crippen LogP contribution in [0.5, 0.6) is 0 Å². The molecule has 0 atom stereocenters. The Hall–Kier alpha value is -3.89. The molecule has 0 radical (unpaired) electrons. The van der Waals surface area contributed by atoms with Crippen LogP contribution in [0.25, 0.3) is 11.6 Å². The van der Waals surface area contributed by atoms with Gasteiger partial charge in [-0.25, -0.2) is 0 Å². The second-order valence-corrected chi connectivity index (χ2v) is 6.27. The van der Waals surface area contributed by atoms with Crippen molar-refractivity contribution < 1.29 is 4.79 Å². The number of fused-ring (bicyclic) bond motifs is 1. The highest BCUT2D eigenvalue weighted by atomic mass is 16.1. The summed E-state index contributed by atoms with van der Waals surface area (Å²) in [5, 5.41) is 18.6. The summed E-state index contributed by atoms with van der Waals surface area (Å²) in [6.45, 7) is 0. The summed E-state index contributed by atoms with van der Waals surface area (Å²) in [5.74, 6) is -0.170. The molecule has 1 aliphatic rings. The Morgan fingerprint density at radius 3 is 2.19 bits per heavy atom. The molecule has 0 bridgehead atoms.